The molecule has 0 aliphatic heterocycles. The first-order chi connectivity index (χ1) is 11.2. The van der Waals surface area contributed by atoms with Crippen molar-refractivity contribution in [2.75, 3.05) is 7.11 Å². The summed E-state index contributed by atoms with van der Waals surface area (Å²) in [5.74, 6) is 1.46. The highest BCUT2D eigenvalue weighted by Gasteiger charge is 2.04. The molecule has 2 aromatic rings. The summed E-state index contributed by atoms with van der Waals surface area (Å²) in [7, 11) is 1.65. The number of ether oxygens (including phenoxy) is 1. The third kappa shape index (κ3) is 6.15. The second-order valence-electron chi connectivity index (χ2n) is 5.76. The number of carbonyl (C=O) groups is 1. The predicted octanol–water partition coefficient (Wildman–Crippen LogP) is 4.32. The van der Waals surface area contributed by atoms with Gasteiger partial charge in [0, 0.05) is 12.8 Å². The summed E-state index contributed by atoms with van der Waals surface area (Å²) in [5.41, 5.74) is 2.29. The molecule has 2 aromatic carbocycles. The first kappa shape index (κ1) is 17.1. The quantitative estimate of drug-likeness (QED) is 0.702. The number of aryl methyl sites for hydroxylation is 2. The van der Waals surface area contributed by atoms with Crippen molar-refractivity contribution < 1.29 is 14.6 Å². The lowest BCUT2D eigenvalue weighted by atomic mass is 10.0. The van der Waals surface area contributed by atoms with E-state index in [0.717, 1.165) is 37.0 Å². The summed E-state index contributed by atoms with van der Waals surface area (Å²) in [5, 5.41) is 9.41. The first-order valence-electron chi connectivity index (χ1n) is 8.10. The summed E-state index contributed by atoms with van der Waals surface area (Å²) in [6, 6.07) is 15.2. The molecule has 0 bridgehead atoms. The Balaban J connectivity index is 1.63. The molecule has 0 aliphatic rings. The van der Waals surface area contributed by atoms with Crippen LogP contribution in [0.5, 0.6) is 11.5 Å². The van der Waals surface area contributed by atoms with E-state index in [1.54, 1.807) is 19.2 Å². The number of unbranched alkanes of at least 4 members (excludes halogenated alkanes) is 1. The van der Waals surface area contributed by atoms with Gasteiger partial charge in [0.25, 0.3) is 0 Å². The van der Waals surface area contributed by atoms with Gasteiger partial charge in [-0.2, -0.15) is 0 Å². The van der Waals surface area contributed by atoms with E-state index in [-0.39, 0.29) is 0 Å². The Morgan fingerprint density at radius 1 is 0.957 bits per heavy atom. The Hall–Kier alpha value is -2.29. The fraction of sp³-hybridized carbons (Fsp3) is 0.350. The van der Waals surface area contributed by atoms with Crippen LogP contribution in [0.1, 0.15) is 36.8 Å². The van der Waals surface area contributed by atoms with Gasteiger partial charge in [-0.1, -0.05) is 24.3 Å². The van der Waals surface area contributed by atoms with Gasteiger partial charge in [0.1, 0.15) is 17.3 Å². The molecule has 0 aromatic heterocycles. The van der Waals surface area contributed by atoms with Crippen molar-refractivity contribution in [2.24, 2.45) is 0 Å². The van der Waals surface area contributed by atoms with Gasteiger partial charge in [0.2, 0.25) is 0 Å². The highest BCUT2D eigenvalue weighted by molar-refractivity contribution is 5.78. The number of ketones is 1. The normalized spacial score (nSPS) is 10.5. The number of phenols is 1. The van der Waals surface area contributed by atoms with Crippen molar-refractivity contribution in [3.8, 4) is 11.5 Å². The fourth-order valence-electron chi connectivity index (χ4n) is 2.56. The van der Waals surface area contributed by atoms with E-state index >= 15 is 0 Å². The molecule has 0 saturated heterocycles. The van der Waals surface area contributed by atoms with Gasteiger partial charge in [-0.25, -0.2) is 0 Å². The molecule has 2 rings (SSSR count). The first-order valence-corrected chi connectivity index (χ1v) is 8.10. The number of benzene rings is 2. The second kappa shape index (κ2) is 8.99. The van der Waals surface area contributed by atoms with E-state index in [2.05, 4.69) is 0 Å². The minimum atomic E-state index is 0.304. The molecule has 0 aliphatic carbocycles. The molecule has 3 heteroatoms. The van der Waals surface area contributed by atoms with Crippen LogP contribution >= 0.6 is 0 Å². The summed E-state index contributed by atoms with van der Waals surface area (Å²) >= 11 is 0. The van der Waals surface area contributed by atoms with Crippen LogP contribution in [0.25, 0.3) is 0 Å². The molecule has 23 heavy (non-hydrogen) atoms. The largest absolute Gasteiger partial charge is 0.508 e. The molecule has 0 heterocycles. The van der Waals surface area contributed by atoms with E-state index < -0.39 is 0 Å². The van der Waals surface area contributed by atoms with Gasteiger partial charge in [0.15, 0.2) is 0 Å². The van der Waals surface area contributed by atoms with Crippen LogP contribution in [-0.2, 0) is 17.6 Å². The number of hydrogen-bond donors (Lipinski definition) is 1. The lowest BCUT2D eigenvalue weighted by Crippen LogP contribution is -2.00. The zero-order valence-electron chi connectivity index (χ0n) is 13.6. The fourth-order valence-corrected chi connectivity index (χ4v) is 2.56. The van der Waals surface area contributed by atoms with E-state index in [9.17, 15) is 9.90 Å². The molecule has 3 nitrogen and oxygen atoms in total. The summed E-state index contributed by atoms with van der Waals surface area (Å²) in [4.78, 5) is 11.9. The maximum absolute atomic E-state index is 11.9. The number of Topliss-reactive ketones (excluding diaryl/α,β-unsaturated/α-hetero) is 1. The van der Waals surface area contributed by atoms with E-state index in [0.29, 0.717) is 24.4 Å². The van der Waals surface area contributed by atoms with Crippen LogP contribution < -0.4 is 4.74 Å². The maximum atomic E-state index is 11.9. The molecule has 0 unspecified atom stereocenters. The minimum absolute atomic E-state index is 0.304. The molecule has 1 N–H and O–H groups in total. The third-order valence-electron chi connectivity index (χ3n) is 3.93. The van der Waals surface area contributed by atoms with Crippen molar-refractivity contribution in [1.29, 1.82) is 0 Å². The molecule has 0 atom stereocenters. The van der Waals surface area contributed by atoms with Gasteiger partial charge >= 0.3 is 0 Å². The van der Waals surface area contributed by atoms with Gasteiger partial charge < -0.3 is 9.84 Å². The highest BCUT2D eigenvalue weighted by atomic mass is 16.5. The van der Waals surface area contributed by atoms with Crippen LogP contribution in [0.3, 0.4) is 0 Å². The molecule has 0 spiro atoms. The van der Waals surface area contributed by atoms with Crippen LogP contribution in [0, 0.1) is 0 Å². The Bertz CT molecular complexity index is 617. The van der Waals surface area contributed by atoms with E-state index in [1.165, 1.54) is 5.56 Å². The SMILES string of the molecule is COc1ccc(CCC(=O)CCCCc2cccc(O)c2)cc1. The molecule has 0 fully saturated rings. The van der Waals surface area contributed by atoms with Gasteiger partial charge in [-0.3, -0.25) is 4.79 Å². The molecule has 122 valence electrons. The Morgan fingerprint density at radius 3 is 2.43 bits per heavy atom. The summed E-state index contributed by atoms with van der Waals surface area (Å²) in [6.07, 6.45) is 4.79. The molecule has 0 radical (unpaired) electrons. The standard InChI is InChI=1S/C20H24O3/c1-23-20-13-10-16(11-14-20)9-12-18(21)7-3-2-5-17-6-4-8-19(22)15-17/h4,6,8,10-11,13-15,22H,2-3,5,7,9,12H2,1H3. The molecule has 0 saturated carbocycles. The zero-order valence-corrected chi connectivity index (χ0v) is 13.6. The van der Waals surface area contributed by atoms with Crippen molar-refractivity contribution >= 4 is 5.78 Å². The van der Waals surface area contributed by atoms with Gasteiger partial charge in [-0.05, 0) is 61.1 Å². The van der Waals surface area contributed by atoms with Crippen molar-refractivity contribution in [3.63, 3.8) is 0 Å². The number of aromatic hydroxyl groups is 1. The number of methoxy groups -OCH3 is 1. The van der Waals surface area contributed by atoms with Gasteiger partial charge in [-0.15, -0.1) is 0 Å². The predicted molar refractivity (Wildman–Crippen MR) is 92.0 cm³/mol. The van der Waals surface area contributed by atoms with Crippen LogP contribution in [0.2, 0.25) is 0 Å². The lowest BCUT2D eigenvalue weighted by Gasteiger charge is -2.04. The number of phenolic OH excluding ortho intramolecular Hbond substituents is 1. The van der Waals surface area contributed by atoms with Crippen molar-refractivity contribution in [2.45, 2.75) is 38.5 Å². The number of carbonyl (C=O) groups excluding carboxylic acids is 1. The number of hydrogen-bond acceptors (Lipinski definition) is 3. The average molecular weight is 312 g/mol. The van der Waals surface area contributed by atoms with Crippen LogP contribution in [0.15, 0.2) is 48.5 Å². The maximum Gasteiger partial charge on any atom is 0.133 e. The smallest absolute Gasteiger partial charge is 0.133 e. The minimum Gasteiger partial charge on any atom is -0.508 e. The highest BCUT2D eigenvalue weighted by Crippen LogP contribution is 2.15. The molecular weight excluding hydrogens is 288 g/mol. The molecular formula is C20H24O3. The van der Waals surface area contributed by atoms with Crippen molar-refractivity contribution in [1.82, 2.24) is 0 Å². The second-order valence-corrected chi connectivity index (χ2v) is 5.76. The summed E-state index contributed by atoms with van der Waals surface area (Å²) in [6.45, 7) is 0. The van der Waals surface area contributed by atoms with Crippen molar-refractivity contribution in [3.05, 3.63) is 59.7 Å². The molecule has 0 amide bonds. The van der Waals surface area contributed by atoms with E-state index in [4.69, 9.17) is 4.74 Å². The topological polar surface area (TPSA) is 46.5 Å². The number of rotatable bonds is 9. The lowest BCUT2D eigenvalue weighted by molar-refractivity contribution is -0.119. The summed E-state index contributed by atoms with van der Waals surface area (Å²) < 4.78 is 5.12. The zero-order chi connectivity index (χ0) is 16.5. The monoisotopic (exact) mass is 312 g/mol. The average Bonchev–Trinajstić information content (AvgIpc) is 2.57. The van der Waals surface area contributed by atoms with Crippen LogP contribution in [-0.4, -0.2) is 18.0 Å². The third-order valence-corrected chi connectivity index (χ3v) is 3.93. The van der Waals surface area contributed by atoms with Gasteiger partial charge in [0.05, 0.1) is 7.11 Å². The van der Waals surface area contributed by atoms with E-state index in [1.807, 2.05) is 36.4 Å². The Morgan fingerprint density at radius 2 is 1.74 bits per heavy atom. The Kier molecular flexibility index (Phi) is 6.67. The van der Waals surface area contributed by atoms with Crippen LogP contribution in [0.4, 0.5) is 0 Å². The Labute approximate surface area is 137 Å².